The molecular weight excluding hydrogens is 398 g/mol. The van der Waals surface area contributed by atoms with Crippen LogP contribution < -0.4 is 10.1 Å². The van der Waals surface area contributed by atoms with Crippen molar-refractivity contribution in [3.05, 3.63) is 92.4 Å². The maximum Gasteiger partial charge on any atom is 0.240 e. The first kappa shape index (κ1) is 20.0. The third kappa shape index (κ3) is 3.52. The van der Waals surface area contributed by atoms with Crippen LogP contribution in [0.1, 0.15) is 43.1 Å². The molecule has 0 saturated carbocycles. The third-order valence-corrected chi connectivity index (χ3v) is 6.23. The Kier molecular flexibility index (Phi) is 5.22. The second kappa shape index (κ2) is 7.84. The minimum Gasteiger partial charge on any atom is -0.868 e. The Hall–Kier alpha value is -3.32. The zero-order valence-electron chi connectivity index (χ0n) is 16.9. The fourth-order valence-corrected chi connectivity index (χ4v) is 4.59. The number of aryl methyl sites for hydroxylation is 3. The second-order valence-electron chi connectivity index (χ2n) is 7.38. The number of aromatic nitrogens is 2. The smallest absolute Gasteiger partial charge is 0.240 e. The van der Waals surface area contributed by atoms with Gasteiger partial charge >= 0.3 is 0 Å². The quantitative estimate of drug-likeness (QED) is 0.595. The van der Waals surface area contributed by atoms with Gasteiger partial charge in [-0.15, -0.1) is 11.3 Å². The van der Waals surface area contributed by atoms with E-state index < -0.39 is 23.5 Å². The van der Waals surface area contributed by atoms with Crippen molar-refractivity contribution in [3.8, 4) is 0 Å². The highest BCUT2D eigenvalue weighted by atomic mass is 32.1. The van der Waals surface area contributed by atoms with E-state index in [0.717, 1.165) is 21.7 Å². The maximum atomic E-state index is 13.4. The lowest BCUT2D eigenvalue weighted by Gasteiger charge is -2.27. The topological polar surface area (TPSA) is 87.5 Å². The zero-order valence-corrected chi connectivity index (χ0v) is 17.7. The van der Waals surface area contributed by atoms with Crippen LogP contribution in [0, 0.1) is 20.8 Å². The van der Waals surface area contributed by atoms with Crippen LogP contribution in [0.15, 0.2) is 60.1 Å². The van der Waals surface area contributed by atoms with Crippen LogP contribution in [0.4, 0.5) is 0 Å². The SMILES string of the molecule is Cc1ccc(C2C(C(=O)c3sc(C)nc3C)=C([O-])C(=O)N2Cc2ccc[nH+]c2)cc1. The molecule has 1 aliphatic heterocycles. The van der Waals surface area contributed by atoms with E-state index in [4.69, 9.17) is 0 Å². The van der Waals surface area contributed by atoms with Crippen molar-refractivity contribution >= 4 is 23.0 Å². The second-order valence-corrected chi connectivity index (χ2v) is 8.58. The summed E-state index contributed by atoms with van der Waals surface area (Å²) >= 11 is 1.25. The molecule has 7 heteroatoms. The van der Waals surface area contributed by atoms with Gasteiger partial charge in [-0.2, -0.15) is 0 Å². The summed E-state index contributed by atoms with van der Waals surface area (Å²) < 4.78 is 0. The van der Waals surface area contributed by atoms with Gasteiger partial charge in [0.05, 0.1) is 28.2 Å². The molecule has 152 valence electrons. The Morgan fingerprint density at radius 3 is 2.53 bits per heavy atom. The summed E-state index contributed by atoms with van der Waals surface area (Å²) in [4.78, 5) is 35.6. The molecule has 1 N–H and O–H groups in total. The van der Waals surface area contributed by atoms with E-state index in [1.165, 1.54) is 16.2 Å². The van der Waals surface area contributed by atoms with Crippen LogP contribution in [-0.2, 0) is 11.3 Å². The van der Waals surface area contributed by atoms with Crippen molar-refractivity contribution in [2.75, 3.05) is 0 Å². The van der Waals surface area contributed by atoms with Gasteiger partial charge in [-0.3, -0.25) is 9.59 Å². The summed E-state index contributed by atoms with van der Waals surface area (Å²) in [7, 11) is 0. The van der Waals surface area contributed by atoms with Crippen LogP contribution in [-0.4, -0.2) is 21.6 Å². The molecule has 0 aliphatic carbocycles. The first-order chi connectivity index (χ1) is 14.4. The molecule has 3 aromatic rings. The maximum absolute atomic E-state index is 13.4. The summed E-state index contributed by atoms with van der Waals surface area (Å²) in [5, 5.41) is 13.8. The molecule has 30 heavy (non-hydrogen) atoms. The highest BCUT2D eigenvalue weighted by molar-refractivity contribution is 7.14. The van der Waals surface area contributed by atoms with Crippen LogP contribution in [0.3, 0.4) is 0 Å². The van der Waals surface area contributed by atoms with Gasteiger partial charge in [0.1, 0.15) is 0 Å². The van der Waals surface area contributed by atoms with Crippen LogP contribution >= 0.6 is 11.3 Å². The molecular formula is C23H21N3O3S. The van der Waals surface area contributed by atoms with E-state index in [2.05, 4.69) is 9.97 Å². The highest BCUT2D eigenvalue weighted by Crippen LogP contribution is 2.40. The summed E-state index contributed by atoms with van der Waals surface area (Å²) in [6.45, 7) is 5.75. The van der Waals surface area contributed by atoms with Crippen molar-refractivity contribution in [2.24, 2.45) is 0 Å². The molecule has 2 aromatic heterocycles. The number of hydrogen-bond acceptors (Lipinski definition) is 5. The van der Waals surface area contributed by atoms with Gasteiger partial charge in [0.25, 0.3) is 0 Å². The monoisotopic (exact) mass is 419 g/mol. The molecule has 0 radical (unpaired) electrons. The minimum absolute atomic E-state index is 0.00415. The number of H-pyrrole nitrogens is 1. The van der Waals surface area contributed by atoms with Gasteiger partial charge < -0.3 is 10.0 Å². The normalized spacial score (nSPS) is 16.4. The Labute approximate surface area is 178 Å². The molecule has 0 saturated heterocycles. The number of thiazole rings is 1. The third-order valence-electron chi connectivity index (χ3n) is 5.16. The number of carbonyl (C=O) groups is 2. The molecule has 1 aromatic carbocycles. The van der Waals surface area contributed by atoms with Gasteiger partial charge in [-0.05, 0) is 38.2 Å². The summed E-state index contributed by atoms with van der Waals surface area (Å²) in [5.41, 5.74) is 3.21. The predicted octanol–water partition coefficient (Wildman–Crippen LogP) is 2.46. The lowest BCUT2D eigenvalue weighted by molar-refractivity contribution is -0.378. The lowest BCUT2D eigenvalue weighted by Crippen LogP contribution is -2.32. The van der Waals surface area contributed by atoms with Gasteiger partial charge in [-0.1, -0.05) is 29.8 Å². The van der Waals surface area contributed by atoms with Crippen molar-refractivity contribution < 1.29 is 19.7 Å². The summed E-state index contributed by atoms with van der Waals surface area (Å²) in [5.74, 6) is -1.81. The van der Waals surface area contributed by atoms with E-state index >= 15 is 0 Å². The fourth-order valence-electron chi connectivity index (χ4n) is 3.72. The minimum atomic E-state index is -0.740. The average Bonchev–Trinajstić information content (AvgIpc) is 3.20. The number of carbonyl (C=O) groups excluding carboxylic acids is 2. The number of pyridine rings is 1. The highest BCUT2D eigenvalue weighted by Gasteiger charge is 2.40. The number of rotatable bonds is 5. The lowest BCUT2D eigenvalue weighted by atomic mass is 9.94. The Morgan fingerprint density at radius 1 is 1.20 bits per heavy atom. The number of aromatic amines is 1. The van der Waals surface area contributed by atoms with Crippen LogP contribution in [0.2, 0.25) is 0 Å². The van der Waals surface area contributed by atoms with E-state index in [1.54, 1.807) is 19.3 Å². The van der Waals surface area contributed by atoms with Gasteiger partial charge in [0.15, 0.2) is 12.4 Å². The predicted molar refractivity (Wildman–Crippen MR) is 110 cm³/mol. The molecule has 1 atom stereocenters. The molecule has 6 nitrogen and oxygen atoms in total. The van der Waals surface area contributed by atoms with E-state index in [-0.39, 0.29) is 12.1 Å². The van der Waals surface area contributed by atoms with Gasteiger partial charge in [-0.25, -0.2) is 9.97 Å². The summed E-state index contributed by atoms with van der Waals surface area (Å²) in [6.07, 6.45) is 3.55. The van der Waals surface area contributed by atoms with Gasteiger partial charge in [0, 0.05) is 17.2 Å². The fraction of sp³-hybridized carbons (Fsp3) is 0.217. The Balaban J connectivity index is 1.81. The molecule has 4 rings (SSSR count). The number of benzene rings is 1. The summed E-state index contributed by atoms with van der Waals surface area (Å²) in [6, 6.07) is 10.5. The van der Waals surface area contributed by atoms with E-state index in [9.17, 15) is 14.7 Å². The van der Waals surface area contributed by atoms with Crippen molar-refractivity contribution in [1.82, 2.24) is 9.88 Å². The molecule has 1 unspecified atom stereocenters. The molecule has 3 heterocycles. The number of hydrogen-bond donors (Lipinski definition) is 0. The molecule has 0 spiro atoms. The van der Waals surface area contributed by atoms with Gasteiger partial charge in [0.2, 0.25) is 11.7 Å². The van der Waals surface area contributed by atoms with Crippen LogP contribution in [0.5, 0.6) is 0 Å². The number of nitrogens with one attached hydrogen (secondary N) is 1. The van der Waals surface area contributed by atoms with Crippen molar-refractivity contribution in [1.29, 1.82) is 0 Å². The molecule has 1 aliphatic rings. The number of nitrogens with zero attached hydrogens (tertiary/aromatic N) is 2. The van der Waals surface area contributed by atoms with Crippen LogP contribution in [0.25, 0.3) is 0 Å². The van der Waals surface area contributed by atoms with E-state index in [1.807, 2.05) is 50.2 Å². The Bertz CT molecular complexity index is 1150. The molecule has 0 fully saturated rings. The first-order valence-electron chi connectivity index (χ1n) is 9.59. The zero-order chi connectivity index (χ0) is 21.4. The average molecular weight is 420 g/mol. The Morgan fingerprint density at radius 2 is 1.93 bits per heavy atom. The number of Topliss-reactive ketones (excluding diaryl/α,β-unsaturated/α-hetero) is 1. The molecule has 0 bridgehead atoms. The molecule has 1 amide bonds. The van der Waals surface area contributed by atoms with Crippen molar-refractivity contribution in [2.45, 2.75) is 33.4 Å². The standard InChI is InChI=1S/C23H21N3O3S/c1-13-6-8-17(9-7-13)19-18(20(27)22-14(2)25-15(3)30-22)21(28)23(29)26(19)12-16-5-4-10-24-11-16/h4-11,19,28H,12H2,1-3H3. The largest absolute Gasteiger partial charge is 0.868 e. The number of amides is 1. The van der Waals surface area contributed by atoms with E-state index in [0.29, 0.717) is 10.6 Å². The number of ketones is 1. The van der Waals surface area contributed by atoms with Crippen molar-refractivity contribution in [3.63, 3.8) is 0 Å². The first-order valence-corrected chi connectivity index (χ1v) is 10.4.